The van der Waals surface area contributed by atoms with Crippen molar-refractivity contribution in [1.82, 2.24) is 0 Å². The molecule has 1 nitrogen and oxygen atoms in total. The molecule has 2 rings (SSSR count). The summed E-state index contributed by atoms with van der Waals surface area (Å²) in [7, 11) is 0. The second-order valence-corrected chi connectivity index (χ2v) is 5.42. The van der Waals surface area contributed by atoms with Gasteiger partial charge in [-0.3, -0.25) is 4.79 Å². The Kier molecular flexibility index (Phi) is 4.28. The minimum atomic E-state index is 0.0331. The summed E-state index contributed by atoms with van der Waals surface area (Å²) >= 11 is 12.2. The first-order valence-electron chi connectivity index (χ1n) is 6.02. The number of Topliss-reactive ketones (excluding diaryl/α,β-unsaturated/α-hetero) is 1. The van der Waals surface area contributed by atoms with Crippen molar-refractivity contribution in [2.24, 2.45) is 0 Å². The maximum atomic E-state index is 12.3. The van der Waals surface area contributed by atoms with Crippen LogP contribution < -0.4 is 0 Å². The van der Waals surface area contributed by atoms with E-state index in [0.717, 1.165) is 16.7 Å². The molecular weight excluding hydrogens is 279 g/mol. The van der Waals surface area contributed by atoms with Crippen LogP contribution in [0.2, 0.25) is 10.0 Å². The van der Waals surface area contributed by atoms with Crippen LogP contribution in [0, 0.1) is 13.8 Å². The fraction of sp³-hybridized carbons (Fsp3) is 0.188. The third-order valence-electron chi connectivity index (χ3n) is 3.13. The minimum absolute atomic E-state index is 0.0331. The van der Waals surface area contributed by atoms with Gasteiger partial charge in [-0.15, -0.1) is 0 Å². The molecule has 0 heterocycles. The Morgan fingerprint density at radius 2 is 1.79 bits per heavy atom. The van der Waals surface area contributed by atoms with Crippen LogP contribution in [-0.4, -0.2) is 5.78 Å². The molecule has 0 saturated heterocycles. The topological polar surface area (TPSA) is 17.1 Å². The third-order valence-corrected chi connectivity index (χ3v) is 3.89. The molecule has 0 aromatic heterocycles. The molecule has 0 aliphatic rings. The lowest BCUT2D eigenvalue weighted by molar-refractivity contribution is 0.0992. The van der Waals surface area contributed by atoms with Crippen LogP contribution >= 0.6 is 23.2 Å². The number of hydrogen-bond acceptors (Lipinski definition) is 1. The summed E-state index contributed by atoms with van der Waals surface area (Å²) in [5.74, 6) is 0.0331. The zero-order valence-corrected chi connectivity index (χ0v) is 12.3. The van der Waals surface area contributed by atoms with E-state index in [1.165, 1.54) is 0 Å². The molecule has 3 heteroatoms. The summed E-state index contributed by atoms with van der Waals surface area (Å²) in [5.41, 5.74) is 3.40. The van der Waals surface area contributed by atoms with Gasteiger partial charge in [0.15, 0.2) is 5.78 Å². The highest BCUT2D eigenvalue weighted by Gasteiger charge is 2.13. The number of rotatable bonds is 3. The Morgan fingerprint density at radius 3 is 2.47 bits per heavy atom. The molecule has 19 heavy (non-hydrogen) atoms. The standard InChI is InChI=1S/C16H14Cl2O/c1-10-6-7-12(15(18)8-10)9-16(19)13-4-3-5-14(17)11(13)2/h3-8H,9H2,1-2H3. The van der Waals surface area contributed by atoms with E-state index in [-0.39, 0.29) is 5.78 Å². The molecule has 2 aromatic rings. The first-order valence-corrected chi connectivity index (χ1v) is 6.78. The van der Waals surface area contributed by atoms with Crippen molar-refractivity contribution in [3.8, 4) is 0 Å². The number of hydrogen-bond donors (Lipinski definition) is 0. The van der Waals surface area contributed by atoms with Crippen molar-refractivity contribution in [3.05, 3.63) is 68.7 Å². The molecule has 0 spiro atoms. The fourth-order valence-electron chi connectivity index (χ4n) is 1.97. The van der Waals surface area contributed by atoms with E-state index in [2.05, 4.69) is 0 Å². The highest BCUT2D eigenvalue weighted by Crippen LogP contribution is 2.23. The minimum Gasteiger partial charge on any atom is -0.294 e. The molecule has 0 N–H and O–H groups in total. The van der Waals surface area contributed by atoms with Crippen LogP contribution in [0.4, 0.5) is 0 Å². The van der Waals surface area contributed by atoms with Gasteiger partial charge in [0, 0.05) is 22.0 Å². The predicted octanol–water partition coefficient (Wildman–Crippen LogP) is 5.04. The monoisotopic (exact) mass is 292 g/mol. The summed E-state index contributed by atoms with van der Waals surface area (Å²) in [6, 6.07) is 11.1. The average molecular weight is 293 g/mol. The van der Waals surface area contributed by atoms with Gasteiger partial charge in [0.25, 0.3) is 0 Å². The van der Waals surface area contributed by atoms with E-state index in [1.807, 2.05) is 32.0 Å². The largest absolute Gasteiger partial charge is 0.294 e. The quantitative estimate of drug-likeness (QED) is 0.725. The Bertz CT molecular complexity index is 633. The molecule has 0 aliphatic carbocycles. The molecule has 0 bridgehead atoms. The van der Waals surface area contributed by atoms with E-state index >= 15 is 0 Å². The van der Waals surface area contributed by atoms with Crippen molar-refractivity contribution >= 4 is 29.0 Å². The highest BCUT2D eigenvalue weighted by atomic mass is 35.5. The number of ketones is 1. The van der Waals surface area contributed by atoms with Gasteiger partial charge in [-0.25, -0.2) is 0 Å². The van der Waals surface area contributed by atoms with Gasteiger partial charge in [0.1, 0.15) is 0 Å². The predicted molar refractivity (Wildman–Crippen MR) is 80.4 cm³/mol. The van der Waals surface area contributed by atoms with E-state index in [4.69, 9.17) is 23.2 Å². The molecule has 0 aliphatic heterocycles. The van der Waals surface area contributed by atoms with Crippen LogP contribution in [0.3, 0.4) is 0 Å². The maximum absolute atomic E-state index is 12.3. The Morgan fingerprint density at radius 1 is 1.05 bits per heavy atom. The Balaban J connectivity index is 2.28. The van der Waals surface area contributed by atoms with Crippen LogP contribution in [0.15, 0.2) is 36.4 Å². The van der Waals surface area contributed by atoms with Gasteiger partial charge in [0.2, 0.25) is 0 Å². The van der Waals surface area contributed by atoms with Crippen LogP contribution in [-0.2, 0) is 6.42 Å². The molecule has 0 unspecified atom stereocenters. The summed E-state index contributed by atoms with van der Waals surface area (Å²) in [4.78, 5) is 12.3. The van der Waals surface area contributed by atoms with Gasteiger partial charge in [-0.1, -0.05) is 47.5 Å². The smallest absolute Gasteiger partial charge is 0.167 e. The molecule has 0 amide bonds. The zero-order valence-electron chi connectivity index (χ0n) is 10.8. The van der Waals surface area contributed by atoms with Gasteiger partial charge in [0.05, 0.1) is 0 Å². The average Bonchev–Trinajstić information content (AvgIpc) is 2.36. The van der Waals surface area contributed by atoms with Crippen molar-refractivity contribution in [2.75, 3.05) is 0 Å². The maximum Gasteiger partial charge on any atom is 0.167 e. The second kappa shape index (κ2) is 5.77. The first-order chi connectivity index (χ1) is 8.99. The van der Waals surface area contributed by atoms with E-state index in [0.29, 0.717) is 22.0 Å². The summed E-state index contributed by atoms with van der Waals surface area (Å²) in [6.45, 7) is 3.82. The third kappa shape index (κ3) is 3.17. The summed E-state index contributed by atoms with van der Waals surface area (Å²) < 4.78 is 0. The molecule has 0 atom stereocenters. The Labute approximate surface area is 123 Å². The van der Waals surface area contributed by atoms with E-state index < -0.39 is 0 Å². The number of carbonyl (C=O) groups excluding carboxylic acids is 1. The van der Waals surface area contributed by atoms with Gasteiger partial charge >= 0.3 is 0 Å². The number of aryl methyl sites for hydroxylation is 1. The first kappa shape index (κ1) is 14.1. The van der Waals surface area contributed by atoms with Gasteiger partial charge in [-0.05, 0) is 42.7 Å². The van der Waals surface area contributed by atoms with Crippen molar-refractivity contribution < 1.29 is 4.79 Å². The number of benzene rings is 2. The van der Waals surface area contributed by atoms with E-state index in [9.17, 15) is 4.79 Å². The van der Waals surface area contributed by atoms with Crippen LogP contribution in [0.5, 0.6) is 0 Å². The lowest BCUT2D eigenvalue weighted by atomic mass is 9.98. The van der Waals surface area contributed by atoms with Gasteiger partial charge in [-0.2, -0.15) is 0 Å². The van der Waals surface area contributed by atoms with Crippen LogP contribution in [0.1, 0.15) is 27.0 Å². The fourth-order valence-corrected chi connectivity index (χ4v) is 2.45. The second-order valence-electron chi connectivity index (χ2n) is 4.61. The summed E-state index contributed by atoms with van der Waals surface area (Å²) in [5, 5.41) is 1.24. The molecule has 98 valence electrons. The zero-order chi connectivity index (χ0) is 14.0. The Hall–Kier alpha value is -1.31. The number of carbonyl (C=O) groups is 1. The molecular formula is C16H14Cl2O. The SMILES string of the molecule is Cc1ccc(CC(=O)c2cccc(Cl)c2C)c(Cl)c1. The van der Waals surface area contributed by atoms with Crippen molar-refractivity contribution in [3.63, 3.8) is 0 Å². The van der Waals surface area contributed by atoms with Crippen molar-refractivity contribution in [1.29, 1.82) is 0 Å². The van der Waals surface area contributed by atoms with Gasteiger partial charge < -0.3 is 0 Å². The molecule has 0 saturated carbocycles. The lowest BCUT2D eigenvalue weighted by Crippen LogP contribution is -2.06. The van der Waals surface area contributed by atoms with Crippen molar-refractivity contribution in [2.45, 2.75) is 20.3 Å². The highest BCUT2D eigenvalue weighted by molar-refractivity contribution is 6.32. The summed E-state index contributed by atoms with van der Waals surface area (Å²) in [6.07, 6.45) is 0.292. The molecule has 0 radical (unpaired) electrons. The van der Waals surface area contributed by atoms with E-state index in [1.54, 1.807) is 18.2 Å². The number of halogens is 2. The molecule has 0 fully saturated rings. The normalized spacial score (nSPS) is 10.5. The lowest BCUT2D eigenvalue weighted by Gasteiger charge is -2.08. The van der Waals surface area contributed by atoms with Crippen LogP contribution in [0.25, 0.3) is 0 Å². The molecule has 2 aromatic carbocycles.